The van der Waals surface area contributed by atoms with E-state index in [0.29, 0.717) is 13.2 Å². The summed E-state index contributed by atoms with van der Waals surface area (Å²) in [6, 6.07) is 0. The molecule has 0 bridgehead atoms. The van der Waals surface area contributed by atoms with E-state index in [1.165, 1.54) is 7.05 Å². The summed E-state index contributed by atoms with van der Waals surface area (Å²) in [6.45, 7) is 2.18. The van der Waals surface area contributed by atoms with Gasteiger partial charge in [-0.1, -0.05) is 0 Å². The van der Waals surface area contributed by atoms with Crippen molar-refractivity contribution in [2.24, 2.45) is 0 Å². The van der Waals surface area contributed by atoms with Crippen LogP contribution in [0.3, 0.4) is 0 Å². The van der Waals surface area contributed by atoms with Crippen molar-refractivity contribution in [1.82, 2.24) is 9.62 Å². The number of ether oxygens (including phenoxy) is 2. The van der Waals surface area contributed by atoms with Gasteiger partial charge in [-0.05, 0) is 0 Å². The summed E-state index contributed by atoms with van der Waals surface area (Å²) >= 11 is 0. The number of sulfonamides is 1. The highest BCUT2D eigenvalue weighted by atomic mass is 32.2. The molecular formula is C9H18N2O5S. The topological polar surface area (TPSA) is 84.9 Å². The first-order chi connectivity index (χ1) is 7.95. The number of morpholine rings is 1. The van der Waals surface area contributed by atoms with E-state index in [0.717, 1.165) is 18.0 Å². The Balaban J connectivity index is 2.49. The lowest BCUT2D eigenvalue weighted by Gasteiger charge is -2.27. The second-order valence-corrected chi connectivity index (χ2v) is 5.89. The highest BCUT2D eigenvalue weighted by Gasteiger charge is 2.26. The number of rotatable bonds is 5. The van der Waals surface area contributed by atoms with Crippen LogP contribution in [0.2, 0.25) is 0 Å². The molecule has 0 radical (unpaired) electrons. The molecular weight excluding hydrogens is 248 g/mol. The Morgan fingerprint density at radius 2 is 2.29 bits per heavy atom. The Hall–Kier alpha value is -0.700. The first-order valence-electron chi connectivity index (χ1n) is 5.29. The molecule has 8 heteroatoms. The lowest BCUT2D eigenvalue weighted by atomic mass is 10.3. The fraction of sp³-hybridized carbons (Fsp3) is 0.889. The number of hydrogen-bond donors (Lipinski definition) is 1. The van der Waals surface area contributed by atoms with Crippen LogP contribution in [-0.2, 0) is 24.3 Å². The number of carbonyl (C=O) groups excluding carboxylic acids is 1. The third kappa shape index (κ3) is 4.58. The summed E-state index contributed by atoms with van der Waals surface area (Å²) in [6.07, 6.45) is -0.179. The van der Waals surface area contributed by atoms with Gasteiger partial charge in [0.1, 0.15) is 0 Å². The Kier molecular flexibility index (Phi) is 5.31. The number of nitrogens with zero attached hydrogens (tertiary/aromatic N) is 1. The smallest absolute Gasteiger partial charge is 0.322 e. The van der Waals surface area contributed by atoms with Crippen molar-refractivity contribution in [2.75, 3.05) is 46.2 Å². The third-order valence-corrected chi connectivity index (χ3v) is 4.17. The van der Waals surface area contributed by atoms with Crippen molar-refractivity contribution < 1.29 is 22.7 Å². The first kappa shape index (κ1) is 14.4. The van der Waals surface area contributed by atoms with Gasteiger partial charge in [0.25, 0.3) is 0 Å². The molecule has 0 aromatic carbocycles. The van der Waals surface area contributed by atoms with Crippen LogP contribution in [0.4, 0.5) is 0 Å². The Morgan fingerprint density at radius 1 is 1.59 bits per heavy atom. The van der Waals surface area contributed by atoms with Gasteiger partial charge in [-0.2, -0.15) is 0 Å². The van der Waals surface area contributed by atoms with Gasteiger partial charge < -0.3 is 14.8 Å². The van der Waals surface area contributed by atoms with E-state index in [4.69, 9.17) is 4.74 Å². The summed E-state index contributed by atoms with van der Waals surface area (Å²) in [5.74, 6) is -1.40. The van der Waals surface area contributed by atoms with Gasteiger partial charge in [-0.25, -0.2) is 12.7 Å². The average molecular weight is 266 g/mol. The first-order valence-corrected chi connectivity index (χ1v) is 6.90. The van der Waals surface area contributed by atoms with Crippen molar-refractivity contribution in [1.29, 1.82) is 0 Å². The molecule has 0 saturated carbocycles. The zero-order chi connectivity index (χ0) is 12.9. The van der Waals surface area contributed by atoms with E-state index >= 15 is 0 Å². The summed E-state index contributed by atoms with van der Waals surface area (Å²) in [7, 11) is -1.03. The zero-order valence-electron chi connectivity index (χ0n) is 10.0. The predicted molar refractivity (Wildman–Crippen MR) is 61.0 cm³/mol. The number of carbonyl (C=O) groups is 1. The van der Waals surface area contributed by atoms with E-state index in [2.05, 4.69) is 10.1 Å². The average Bonchev–Trinajstić information content (AvgIpc) is 2.29. The van der Waals surface area contributed by atoms with Gasteiger partial charge in [0.2, 0.25) is 10.0 Å². The van der Waals surface area contributed by atoms with E-state index in [9.17, 15) is 13.2 Å². The maximum absolute atomic E-state index is 11.7. The molecule has 1 fully saturated rings. The van der Waals surface area contributed by atoms with Crippen molar-refractivity contribution in [3.05, 3.63) is 0 Å². The molecule has 1 N–H and O–H groups in total. The van der Waals surface area contributed by atoms with Crippen LogP contribution in [0.5, 0.6) is 0 Å². The van der Waals surface area contributed by atoms with Gasteiger partial charge >= 0.3 is 5.97 Å². The fourth-order valence-electron chi connectivity index (χ4n) is 1.46. The predicted octanol–water partition coefficient (Wildman–Crippen LogP) is -1.59. The minimum atomic E-state index is -3.62. The molecule has 0 amide bonds. The molecule has 1 heterocycles. The highest BCUT2D eigenvalue weighted by Crippen LogP contribution is 2.04. The van der Waals surface area contributed by atoms with Crippen molar-refractivity contribution in [3.8, 4) is 0 Å². The summed E-state index contributed by atoms with van der Waals surface area (Å²) in [5.41, 5.74) is 0. The Morgan fingerprint density at radius 3 is 2.82 bits per heavy atom. The fourth-order valence-corrected chi connectivity index (χ4v) is 2.48. The highest BCUT2D eigenvalue weighted by molar-refractivity contribution is 7.89. The van der Waals surface area contributed by atoms with E-state index in [1.54, 1.807) is 0 Å². The van der Waals surface area contributed by atoms with Crippen molar-refractivity contribution in [3.63, 3.8) is 0 Å². The van der Waals surface area contributed by atoms with Gasteiger partial charge in [-0.3, -0.25) is 4.79 Å². The van der Waals surface area contributed by atoms with Crippen LogP contribution in [0.15, 0.2) is 0 Å². The minimum absolute atomic E-state index is 0.179. The van der Waals surface area contributed by atoms with Crippen LogP contribution >= 0.6 is 0 Å². The lowest BCUT2D eigenvalue weighted by molar-refractivity contribution is -0.137. The number of esters is 1. The summed E-state index contributed by atoms with van der Waals surface area (Å²) in [4.78, 5) is 11.0. The van der Waals surface area contributed by atoms with Crippen LogP contribution in [0.1, 0.15) is 0 Å². The lowest BCUT2D eigenvalue weighted by Crippen LogP contribution is -2.46. The molecule has 0 aromatic heterocycles. The Bertz CT molecular complexity index is 350. The standard InChI is InChI=1S/C9H18N2O5S/c1-11(6-8-5-10-3-4-16-8)17(13,14)7-9(12)15-2/h8,10H,3-7H2,1-2H3. The van der Waals surface area contributed by atoms with Crippen LogP contribution < -0.4 is 5.32 Å². The minimum Gasteiger partial charge on any atom is -0.468 e. The zero-order valence-corrected chi connectivity index (χ0v) is 10.8. The van der Waals surface area contributed by atoms with Gasteiger partial charge in [-0.15, -0.1) is 0 Å². The monoisotopic (exact) mass is 266 g/mol. The number of nitrogens with one attached hydrogen (secondary N) is 1. The maximum atomic E-state index is 11.7. The Labute approximate surface area is 101 Å². The second-order valence-electron chi connectivity index (χ2n) is 3.81. The molecule has 0 aliphatic carbocycles. The van der Waals surface area contributed by atoms with Crippen LogP contribution in [0.25, 0.3) is 0 Å². The number of likely N-dealkylation sites (N-methyl/N-ethyl adjacent to an activating group) is 1. The van der Waals surface area contributed by atoms with Crippen molar-refractivity contribution in [2.45, 2.75) is 6.10 Å². The molecule has 1 rings (SSSR count). The molecule has 1 unspecified atom stereocenters. The molecule has 100 valence electrons. The van der Waals surface area contributed by atoms with Crippen LogP contribution in [-0.4, -0.2) is 70.9 Å². The number of hydrogen-bond acceptors (Lipinski definition) is 6. The molecule has 1 aliphatic heterocycles. The summed E-state index contributed by atoms with van der Waals surface area (Å²) < 4.78 is 34.3. The molecule has 1 saturated heterocycles. The normalized spacial score (nSPS) is 21.5. The summed E-state index contributed by atoms with van der Waals surface area (Å²) in [5, 5.41) is 3.11. The van der Waals surface area contributed by atoms with Gasteiger partial charge in [0.05, 0.1) is 19.8 Å². The molecule has 1 aliphatic rings. The third-order valence-electron chi connectivity index (χ3n) is 2.47. The van der Waals surface area contributed by atoms with Gasteiger partial charge in [0.15, 0.2) is 5.75 Å². The quantitative estimate of drug-likeness (QED) is 0.604. The molecule has 17 heavy (non-hydrogen) atoms. The van der Waals surface area contributed by atoms with Crippen molar-refractivity contribution >= 4 is 16.0 Å². The maximum Gasteiger partial charge on any atom is 0.322 e. The van der Waals surface area contributed by atoms with Crippen LogP contribution in [0, 0.1) is 0 Å². The molecule has 0 spiro atoms. The second kappa shape index (κ2) is 6.29. The van der Waals surface area contributed by atoms with Gasteiger partial charge in [0, 0.05) is 26.7 Å². The SMILES string of the molecule is COC(=O)CS(=O)(=O)N(C)CC1CNCCO1. The van der Waals surface area contributed by atoms with E-state index in [-0.39, 0.29) is 12.6 Å². The largest absolute Gasteiger partial charge is 0.468 e. The molecule has 1 atom stereocenters. The van der Waals surface area contributed by atoms with E-state index < -0.39 is 21.7 Å². The number of methoxy groups -OCH3 is 1. The molecule has 0 aromatic rings. The van der Waals surface area contributed by atoms with E-state index in [1.807, 2.05) is 0 Å². The molecule has 7 nitrogen and oxygen atoms in total.